The van der Waals surface area contributed by atoms with Crippen molar-refractivity contribution in [3.8, 4) is 6.07 Å². The number of hydrogen-bond acceptors (Lipinski definition) is 3. The smallest absolute Gasteiger partial charge is 0.217 e. The predicted molar refractivity (Wildman–Crippen MR) is 23.9 cm³/mol. The van der Waals surface area contributed by atoms with Crippen molar-refractivity contribution in [3.63, 3.8) is 0 Å². The molecule has 0 heterocycles. The molecular formula is C4H5N2O. The van der Waals surface area contributed by atoms with Gasteiger partial charge in [-0.2, -0.15) is 5.26 Å². The molecule has 0 rings (SSSR count). The Labute approximate surface area is 41.7 Å². The van der Waals surface area contributed by atoms with Crippen molar-refractivity contribution in [2.24, 2.45) is 5.73 Å². The molecule has 0 aliphatic heterocycles. The summed E-state index contributed by atoms with van der Waals surface area (Å²) in [6.45, 7) is 0. The summed E-state index contributed by atoms with van der Waals surface area (Å²) < 4.78 is 0. The molecule has 0 saturated heterocycles. The van der Waals surface area contributed by atoms with Gasteiger partial charge in [0.15, 0.2) is 0 Å². The summed E-state index contributed by atoms with van der Waals surface area (Å²) in [5, 5.41) is 7.86. The number of nitriles is 1. The van der Waals surface area contributed by atoms with Crippen LogP contribution in [0.25, 0.3) is 0 Å². The summed E-state index contributed by atoms with van der Waals surface area (Å²) in [4.78, 5) is 9.49. The third kappa shape index (κ3) is 2.94. The number of nitrogens with two attached hydrogens (primary N) is 1. The van der Waals surface area contributed by atoms with Crippen LogP contribution in [0.1, 0.15) is 6.42 Å². The fourth-order valence-electron chi connectivity index (χ4n) is 0.140. The van der Waals surface area contributed by atoms with E-state index < -0.39 is 6.04 Å². The van der Waals surface area contributed by atoms with Gasteiger partial charge in [0.25, 0.3) is 0 Å². The zero-order valence-electron chi connectivity index (χ0n) is 3.72. The van der Waals surface area contributed by atoms with Gasteiger partial charge in [-0.1, -0.05) is 0 Å². The average molecular weight is 97.1 g/mol. The highest BCUT2D eigenvalue weighted by Crippen LogP contribution is 1.76. The average Bonchev–Trinajstić information content (AvgIpc) is 1.68. The van der Waals surface area contributed by atoms with Crippen LogP contribution in [-0.2, 0) is 4.79 Å². The van der Waals surface area contributed by atoms with Crippen LogP contribution in [0.2, 0.25) is 0 Å². The Balaban J connectivity index is 3.21. The molecule has 0 aliphatic rings. The maximum Gasteiger partial charge on any atom is 0.217 e. The van der Waals surface area contributed by atoms with E-state index in [0.29, 0.717) is 0 Å². The van der Waals surface area contributed by atoms with Crippen LogP contribution in [0, 0.1) is 11.3 Å². The normalized spacial score (nSPS) is 12.0. The summed E-state index contributed by atoms with van der Waals surface area (Å²) in [6, 6.07) is 1.01. The minimum absolute atomic E-state index is 0.0590. The number of hydrogen-bond donors (Lipinski definition) is 1. The molecule has 0 bridgehead atoms. The van der Waals surface area contributed by atoms with Gasteiger partial charge in [-0.15, -0.1) is 0 Å². The molecule has 3 nitrogen and oxygen atoms in total. The summed E-state index contributed by atoms with van der Waals surface area (Å²) in [5.41, 5.74) is 4.94. The van der Waals surface area contributed by atoms with Crippen LogP contribution in [0.4, 0.5) is 0 Å². The van der Waals surface area contributed by atoms with Gasteiger partial charge in [-0.3, -0.25) is 4.79 Å². The molecule has 0 unspecified atom stereocenters. The monoisotopic (exact) mass is 97.0 g/mol. The summed E-state index contributed by atoms with van der Waals surface area (Å²) in [6.07, 6.45) is 1.53. The van der Waals surface area contributed by atoms with Crippen LogP contribution in [-0.4, -0.2) is 12.3 Å². The molecule has 0 saturated carbocycles. The van der Waals surface area contributed by atoms with Crippen molar-refractivity contribution >= 4 is 6.29 Å². The number of rotatable bonds is 2. The molecule has 0 aromatic carbocycles. The zero-order chi connectivity index (χ0) is 5.70. The Bertz CT molecular complexity index is 94.4. The van der Waals surface area contributed by atoms with Crippen molar-refractivity contribution in [3.05, 3.63) is 0 Å². The van der Waals surface area contributed by atoms with Crippen LogP contribution < -0.4 is 5.73 Å². The van der Waals surface area contributed by atoms with Gasteiger partial charge in [0.1, 0.15) is 0 Å². The molecule has 1 radical (unpaired) electrons. The maximum atomic E-state index is 9.49. The molecule has 0 aliphatic carbocycles. The third-order valence-electron chi connectivity index (χ3n) is 0.463. The number of nitrogens with zero attached hydrogens (tertiary/aromatic N) is 1. The zero-order valence-corrected chi connectivity index (χ0v) is 3.72. The second-order valence-corrected chi connectivity index (χ2v) is 1.09. The molecule has 0 fully saturated rings. The molecular weight excluding hydrogens is 92.1 g/mol. The van der Waals surface area contributed by atoms with E-state index in [9.17, 15) is 4.79 Å². The molecule has 1 atom stereocenters. The Hall–Kier alpha value is -0.880. The lowest BCUT2D eigenvalue weighted by Crippen LogP contribution is -2.19. The molecule has 2 N–H and O–H groups in total. The Morgan fingerprint density at radius 1 is 1.86 bits per heavy atom. The molecule has 0 aromatic rings. The van der Waals surface area contributed by atoms with E-state index in [1.807, 2.05) is 0 Å². The molecule has 3 heteroatoms. The predicted octanol–water partition coefficient (Wildman–Crippen LogP) is -0.663. The maximum absolute atomic E-state index is 9.49. The SMILES string of the molecule is N#CC[C@H](N)[C]=O. The molecule has 0 spiro atoms. The van der Waals surface area contributed by atoms with E-state index in [0.717, 1.165) is 0 Å². The van der Waals surface area contributed by atoms with Gasteiger partial charge in [0.05, 0.1) is 18.5 Å². The largest absolute Gasteiger partial charge is 0.320 e. The number of carbonyl (C=O) groups excluding carboxylic acids is 1. The molecule has 0 aromatic heterocycles. The lowest BCUT2D eigenvalue weighted by Gasteiger charge is -1.87. The Morgan fingerprint density at radius 2 is 2.43 bits per heavy atom. The summed E-state index contributed by atoms with van der Waals surface area (Å²) in [7, 11) is 0. The van der Waals surface area contributed by atoms with E-state index in [-0.39, 0.29) is 6.42 Å². The van der Waals surface area contributed by atoms with E-state index in [1.54, 1.807) is 6.07 Å². The van der Waals surface area contributed by atoms with Gasteiger partial charge < -0.3 is 5.73 Å². The first-order chi connectivity index (χ1) is 3.31. The highest BCUT2D eigenvalue weighted by atomic mass is 16.1. The quantitative estimate of drug-likeness (QED) is 0.497. The second-order valence-electron chi connectivity index (χ2n) is 1.09. The van der Waals surface area contributed by atoms with Gasteiger partial charge in [0, 0.05) is 0 Å². The van der Waals surface area contributed by atoms with E-state index in [4.69, 9.17) is 11.0 Å². The molecule has 7 heavy (non-hydrogen) atoms. The molecule has 37 valence electrons. The van der Waals surface area contributed by atoms with Crippen molar-refractivity contribution < 1.29 is 4.79 Å². The highest BCUT2D eigenvalue weighted by molar-refractivity contribution is 5.58. The lowest BCUT2D eigenvalue weighted by molar-refractivity contribution is 0.542. The third-order valence-corrected chi connectivity index (χ3v) is 0.463. The Morgan fingerprint density at radius 3 is 2.57 bits per heavy atom. The van der Waals surface area contributed by atoms with Crippen molar-refractivity contribution in [2.75, 3.05) is 0 Å². The van der Waals surface area contributed by atoms with Gasteiger partial charge in [-0.25, -0.2) is 0 Å². The van der Waals surface area contributed by atoms with Crippen molar-refractivity contribution in [2.45, 2.75) is 12.5 Å². The highest BCUT2D eigenvalue weighted by Gasteiger charge is 1.95. The second kappa shape index (κ2) is 3.32. The van der Waals surface area contributed by atoms with Crippen LogP contribution in [0.3, 0.4) is 0 Å². The fourth-order valence-corrected chi connectivity index (χ4v) is 0.140. The Kier molecular flexibility index (Phi) is 2.90. The minimum Gasteiger partial charge on any atom is -0.320 e. The van der Waals surface area contributed by atoms with E-state index in [2.05, 4.69) is 0 Å². The minimum atomic E-state index is -0.718. The topological polar surface area (TPSA) is 66.9 Å². The standard InChI is InChI=1S/C4H5N2O/c5-2-1-4(6)3-7/h4H,1,6H2/t4-/m0/s1. The first kappa shape index (κ1) is 6.12. The fraction of sp³-hybridized carbons (Fsp3) is 0.500. The first-order valence-corrected chi connectivity index (χ1v) is 1.81. The van der Waals surface area contributed by atoms with Gasteiger partial charge >= 0.3 is 0 Å². The summed E-state index contributed by atoms with van der Waals surface area (Å²) >= 11 is 0. The lowest BCUT2D eigenvalue weighted by atomic mass is 10.3. The van der Waals surface area contributed by atoms with E-state index >= 15 is 0 Å². The van der Waals surface area contributed by atoms with Crippen molar-refractivity contribution in [1.29, 1.82) is 5.26 Å². The van der Waals surface area contributed by atoms with E-state index in [1.165, 1.54) is 6.29 Å². The van der Waals surface area contributed by atoms with Crippen LogP contribution in [0.5, 0.6) is 0 Å². The van der Waals surface area contributed by atoms with Gasteiger partial charge in [-0.05, 0) is 0 Å². The van der Waals surface area contributed by atoms with Crippen LogP contribution >= 0.6 is 0 Å². The first-order valence-electron chi connectivity index (χ1n) is 1.81. The molecule has 0 amide bonds. The van der Waals surface area contributed by atoms with Gasteiger partial charge in [0.2, 0.25) is 6.29 Å². The van der Waals surface area contributed by atoms with Crippen LogP contribution in [0.15, 0.2) is 0 Å². The van der Waals surface area contributed by atoms with Crippen molar-refractivity contribution in [1.82, 2.24) is 0 Å². The summed E-state index contributed by atoms with van der Waals surface area (Å²) in [5.74, 6) is 0.